The fourth-order valence-corrected chi connectivity index (χ4v) is 5.89. The van der Waals surface area contributed by atoms with E-state index in [-0.39, 0.29) is 4.90 Å². The first-order chi connectivity index (χ1) is 16.9. The van der Waals surface area contributed by atoms with Crippen molar-refractivity contribution in [3.8, 4) is 0 Å². The molecule has 11 heteroatoms. The van der Waals surface area contributed by atoms with Gasteiger partial charge in [-0.3, -0.25) is 0 Å². The molecule has 1 saturated heterocycles. The molecule has 35 heavy (non-hydrogen) atoms. The number of hydrogen-bond acceptors (Lipinski definition) is 8. The van der Waals surface area contributed by atoms with E-state index in [0.29, 0.717) is 36.3 Å². The Labute approximate surface area is 206 Å². The van der Waals surface area contributed by atoms with Gasteiger partial charge in [0.05, 0.1) is 4.90 Å². The lowest BCUT2D eigenvalue weighted by Gasteiger charge is -2.28. The van der Waals surface area contributed by atoms with Crippen molar-refractivity contribution in [2.75, 3.05) is 41.7 Å². The number of sulfonamides is 1. The molecule has 0 radical (unpaired) electrons. The van der Waals surface area contributed by atoms with Crippen LogP contribution in [0.4, 0.5) is 22.2 Å². The number of hydrogen-bond donors (Lipinski definition) is 3. The Morgan fingerprint density at radius 1 is 0.857 bits per heavy atom. The van der Waals surface area contributed by atoms with Gasteiger partial charge in [-0.1, -0.05) is 0 Å². The maximum Gasteiger partial charge on any atom is 0.240 e. The minimum atomic E-state index is -3.62. The van der Waals surface area contributed by atoms with Gasteiger partial charge in [0.25, 0.3) is 0 Å². The van der Waals surface area contributed by atoms with Gasteiger partial charge in [-0.2, -0.15) is 15.0 Å². The van der Waals surface area contributed by atoms with Crippen LogP contribution in [0.3, 0.4) is 0 Å². The third-order valence-electron chi connectivity index (χ3n) is 7.12. The van der Waals surface area contributed by atoms with Gasteiger partial charge in [-0.05, 0) is 87.5 Å². The molecule has 0 spiro atoms. The fraction of sp³-hybridized carbons (Fsp3) is 0.625. The monoisotopic (exact) mass is 503 g/mol. The van der Waals surface area contributed by atoms with Crippen molar-refractivity contribution in [1.82, 2.24) is 19.7 Å². The van der Waals surface area contributed by atoms with Crippen molar-refractivity contribution in [2.45, 2.75) is 62.3 Å². The number of benzene rings is 1. The summed E-state index contributed by atoms with van der Waals surface area (Å²) in [6, 6.07) is 5.40. The first-order valence-electron chi connectivity index (χ1n) is 12.7. The molecule has 1 aliphatic heterocycles. The summed E-state index contributed by atoms with van der Waals surface area (Å²) >= 11 is 0. The van der Waals surface area contributed by atoms with Gasteiger partial charge in [0, 0.05) is 32.2 Å². The lowest BCUT2D eigenvalue weighted by molar-refractivity contribution is 0.284. The Bertz CT molecular complexity index is 1100. The Hall–Kier alpha value is -2.53. The molecule has 1 aromatic heterocycles. The Morgan fingerprint density at radius 2 is 1.49 bits per heavy atom. The van der Waals surface area contributed by atoms with Gasteiger partial charge in [0.1, 0.15) is 5.82 Å². The van der Waals surface area contributed by atoms with Gasteiger partial charge in [0.2, 0.25) is 27.9 Å². The minimum Gasteiger partial charge on any atom is -0.354 e. The Kier molecular flexibility index (Phi) is 7.33. The summed E-state index contributed by atoms with van der Waals surface area (Å²) in [5.74, 6) is 2.38. The SMILES string of the molecule is O=S(=O)(NCC1CCC(CNc2nc(NC3CC3)nc(N3CCCC3)n2)CC1)c1ccc(F)cc1. The molecule has 2 heterocycles. The molecule has 9 nitrogen and oxygen atoms in total. The molecule has 2 aromatic rings. The van der Waals surface area contributed by atoms with E-state index in [0.717, 1.165) is 64.1 Å². The first kappa shape index (κ1) is 24.2. The zero-order chi connectivity index (χ0) is 24.3. The molecule has 5 rings (SSSR count). The van der Waals surface area contributed by atoms with E-state index < -0.39 is 15.8 Å². The molecule has 1 aromatic carbocycles. The number of anilines is 3. The number of nitrogens with one attached hydrogen (secondary N) is 3. The molecular weight excluding hydrogens is 469 g/mol. The number of aromatic nitrogens is 3. The van der Waals surface area contributed by atoms with Crippen LogP contribution in [-0.4, -0.2) is 55.6 Å². The smallest absolute Gasteiger partial charge is 0.240 e. The van der Waals surface area contributed by atoms with Crippen molar-refractivity contribution in [3.05, 3.63) is 30.1 Å². The van der Waals surface area contributed by atoms with Crippen molar-refractivity contribution in [1.29, 1.82) is 0 Å². The largest absolute Gasteiger partial charge is 0.354 e. The summed E-state index contributed by atoms with van der Waals surface area (Å²) in [4.78, 5) is 16.3. The maximum absolute atomic E-state index is 13.1. The van der Waals surface area contributed by atoms with Crippen molar-refractivity contribution in [2.24, 2.45) is 11.8 Å². The lowest BCUT2D eigenvalue weighted by atomic mass is 9.82. The highest BCUT2D eigenvalue weighted by atomic mass is 32.2. The molecule has 0 amide bonds. The van der Waals surface area contributed by atoms with Crippen LogP contribution in [0.2, 0.25) is 0 Å². The summed E-state index contributed by atoms with van der Waals surface area (Å²) < 4.78 is 40.7. The zero-order valence-electron chi connectivity index (χ0n) is 19.9. The van der Waals surface area contributed by atoms with Crippen LogP contribution < -0.4 is 20.3 Å². The molecule has 2 aliphatic carbocycles. The summed E-state index contributed by atoms with van der Waals surface area (Å²) in [6.07, 6.45) is 8.63. The van der Waals surface area contributed by atoms with Crippen molar-refractivity contribution in [3.63, 3.8) is 0 Å². The highest BCUT2D eigenvalue weighted by Gasteiger charge is 2.26. The molecule has 0 atom stereocenters. The highest BCUT2D eigenvalue weighted by molar-refractivity contribution is 7.89. The van der Waals surface area contributed by atoms with Crippen LogP contribution in [0.5, 0.6) is 0 Å². The average molecular weight is 504 g/mol. The molecule has 0 bridgehead atoms. The second kappa shape index (κ2) is 10.6. The Balaban J connectivity index is 1.10. The number of rotatable bonds is 10. The predicted molar refractivity (Wildman–Crippen MR) is 133 cm³/mol. The van der Waals surface area contributed by atoms with Crippen molar-refractivity contribution < 1.29 is 12.8 Å². The van der Waals surface area contributed by atoms with Gasteiger partial charge >= 0.3 is 0 Å². The molecule has 3 fully saturated rings. The van der Waals surface area contributed by atoms with Crippen LogP contribution in [0.25, 0.3) is 0 Å². The van der Waals surface area contributed by atoms with Crippen molar-refractivity contribution >= 4 is 27.9 Å². The van der Waals surface area contributed by atoms with Gasteiger partial charge in [-0.15, -0.1) is 0 Å². The summed E-state index contributed by atoms with van der Waals surface area (Å²) in [5.41, 5.74) is 0. The van der Waals surface area contributed by atoms with Crippen LogP contribution >= 0.6 is 0 Å². The van der Waals surface area contributed by atoms with E-state index in [2.05, 4.69) is 35.2 Å². The summed E-state index contributed by atoms with van der Waals surface area (Å²) in [5, 5.41) is 6.84. The molecule has 190 valence electrons. The van der Waals surface area contributed by atoms with Crippen LogP contribution in [0.1, 0.15) is 51.4 Å². The lowest BCUT2D eigenvalue weighted by Crippen LogP contribution is -2.32. The maximum atomic E-state index is 13.1. The molecular formula is C24H34FN7O2S. The number of nitrogens with zero attached hydrogens (tertiary/aromatic N) is 4. The van der Waals surface area contributed by atoms with E-state index in [1.807, 2.05) is 0 Å². The first-order valence-corrected chi connectivity index (χ1v) is 14.2. The van der Waals surface area contributed by atoms with E-state index in [9.17, 15) is 12.8 Å². The summed E-state index contributed by atoms with van der Waals surface area (Å²) in [7, 11) is -3.62. The Morgan fingerprint density at radius 3 is 2.14 bits per heavy atom. The third-order valence-corrected chi connectivity index (χ3v) is 8.56. The standard InChI is InChI=1S/C24H34FN7O2S/c25-19-7-11-21(12-8-19)35(33,34)27-16-18-5-3-17(4-6-18)15-26-22-29-23(28-20-9-10-20)31-24(30-22)32-13-1-2-14-32/h7-8,11-12,17-18,20,27H,1-6,9-10,13-16H2,(H2,26,28,29,30,31). The average Bonchev–Trinajstić information content (AvgIpc) is 3.49. The second-order valence-corrected chi connectivity index (χ2v) is 11.7. The summed E-state index contributed by atoms with van der Waals surface area (Å²) in [6.45, 7) is 3.17. The quantitative estimate of drug-likeness (QED) is 0.452. The van der Waals surface area contributed by atoms with E-state index in [1.165, 1.54) is 37.1 Å². The van der Waals surface area contributed by atoms with E-state index in [1.54, 1.807) is 0 Å². The predicted octanol–water partition coefficient (Wildman–Crippen LogP) is 3.38. The minimum absolute atomic E-state index is 0.0954. The fourth-order valence-electron chi connectivity index (χ4n) is 4.78. The third kappa shape index (κ3) is 6.58. The van der Waals surface area contributed by atoms with Gasteiger partial charge in [-0.25, -0.2) is 17.5 Å². The molecule has 3 aliphatic rings. The zero-order valence-corrected chi connectivity index (χ0v) is 20.7. The van der Waals surface area contributed by atoms with Gasteiger partial charge < -0.3 is 15.5 Å². The molecule has 0 unspecified atom stereocenters. The second-order valence-electron chi connectivity index (χ2n) is 9.97. The number of halogens is 1. The van der Waals surface area contributed by atoms with Gasteiger partial charge in [0.15, 0.2) is 0 Å². The van der Waals surface area contributed by atoms with Crippen LogP contribution in [-0.2, 0) is 10.0 Å². The molecule has 2 saturated carbocycles. The topological polar surface area (TPSA) is 112 Å². The normalized spacial score (nSPS) is 22.8. The van der Waals surface area contributed by atoms with Crippen LogP contribution in [0.15, 0.2) is 29.2 Å². The van der Waals surface area contributed by atoms with E-state index in [4.69, 9.17) is 0 Å². The van der Waals surface area contributed by atoms with Crippen LogP contribution in [0, 0.1) is 17.7 Å². The highest BCUT2D eigenvalue weighted by Crippen LogP contribution is 2.29. The van der Waals surface area contributed by atoms with E-state index >= 15 is 0 Å². The molecule has 3 N–H and O–H groups in total.